The third-order valence-electron chi connectivity index (χ3n) is 7.09. The zero-order chi connectivity index (χ0) is 16.9. The predicted octanol–water partition coefficient (Wildman–Crippen LogP) is 6.00. The fraction of sp³-hybridized carbons (Fsp3) is 0.565. The minimum Gasteiger partial charge on any atom is -0.385 e. The molecule has 128 valence electrons. The van der Waals surface area contributed by atoms with E-state index < -0.39 is 5.60 Å². The van der Waals surface area contributed by atoms with Gasteiger partial charge in [0.2, 0.25) is 0 Å². The Kier molecular flexibility index (Phi) is 3.95. The summed E-state index contributed by atoms with van der Waals surface area (Å²) in [6.45, 7) is 6.58. The van der Waals surface area contributed by atoms with Crippen molar-refractivity contribution in [1.82, 2.24) is 0 Å². The van der Waals surface area contributed by atoms with Gasteiger partial charge in [-0.05, 0) is 84.2 Å². The first-order chi connectivity index (χ1) is 11.5. The van der Waals surface area contributed by atoms with Crippen LogP contribution in [0.2, 0.25) is 0 Å². The van der Waals surface area contributed by atoms with Gasteiger partial charge in [0.25, 0.3) is 0 Å². The molecule has 2 aromatic rings. The lowest BCUT2D eigenvalue weighted by molar-refractivity contribution is -0.0295. The summed E-state index contributed by atoms with van der Waals surface area (Å²) in [4.78, 5) is 0. The second-order valence-corrected chi connectivity index (χ2v) is 8.56. The first-order valence-electron chi connectivity index (χ1n) is 9.75. The molecule has 24 heavy (non-hydrogen) atoms. The molecule has 0 radical (unpaired) electrons. The van der Waals surface area contributed by atoms with Crippen molar-refractivity contribution in [3.05, 3.63) is 47.5 Å². The maximum atomic E-state index is 11.3. The van der Waals surface area contributed by atoms with E-state index in [2.05, 4.69) is 50.2 Å². The maximum Gasteiger partial charge on any atom is 0.0899 e. The Labute approximate surface area is 146 Å². The summed E-state index contributed by atoms with van der Waals surface area (Å²) in [6, 6.07) is 13.4. The van der Waals surface area contributed by atoms with E-state index in [-0.39, 0.29) is 0 Å². The van der Waals surface area contributed by atoms with Gasteiger partial charge in [-0.25, -0.2) is 0 Å². The molecule has 1 nitrogen and oxygen atoms in total. The second kappa shape index (κ2) is 5.88. The number of fused-ring (bicyclic) bond motifs is 3. The summed E-state index contributed by atoms with van der Waals surface area (Å²) >= 11 is 0. The highest BCUT2D eigenvalue weighted by Gasteiger charge is 2.48. The molecule has 0 heterocycles. The number of hydrogen-bond donors (Lipinski definition) is 1. The van der Waals surface area contributed by atoms with Gasteiger partial charge in [0.15, 0.2) is 0 Å². The van der Waals surface area contributed by atoms with E-state index in [4.69, 9.17) is 0 Å². The molecule has 2 aliphatic rings. The van der Waals surface area contributed by atoms with Gasteiger partial charge in [-0.3, -0.25) is 0 Å². The lowest BCUT2D eigenvalue weighted by atomic mass is 9.73. The molecule has 2 aliphatic carbocycles. The summed E-state index contributed by atoms with van der Waals surface area (Å²) in [6.07, 6.45) is 6.42. The zero-order valence-corrected chi connectivity index (χ0v) is 15.3. The predicted molar refractivity (Wildman–Crippen MR) is 101 cm³/mol. The van der Waals surface area contributed by atoms with Crippen molar-refractivity contribution < 1.29 is 5.11 Å². The molecule has 4 rings (SSSR count). The Morgan fingerprint density at radius 1 is 1.08 bits per heavy atom. The molecular formula is C23H30O. The van der Waals surface area contributed by atoms with Gasteiger partial charge in [-0.1, -0.05) is 50.6 Å². The van der Waals surface area contributed by atoms with Crippen LogP contribution in [0.25, 0.3) is 10.8 Å². The van der Waals surface area contributed by atoms with Crippen LogP contribution in [-0.2, 0) is 5.60 Å². The molecule has 5 atom stereocenters. The fourth-order valence-electron chi connectivity index (χ4n) is 5.27. The largest absolute Gasteiger partial charge is 0.385 e. The topological polar surface area (TPSA) is 20.2 Å². The molecule has 0 aromatic heterocycles. The quantitative estimate of drug-likeness (QED) is 0.732. The van der Waals surface area contributed by atoms with Crippen LogP contribution in [0, 0.1) is 17.8 Å². The first-order valence-corrected chi connectivity index (χ1v) is 9.75. The van der Waals surface area contributed by atoms with Gasteiger partial charge in [-0.15, -0.1) is 0 Å². The van der Waals surface area contributed by atoms with Crippen LogP contribution >= 0.6 is 0 Å². The van der Waals surface area contributed by atoms with E-state index in [0.717, 1.165) is 17.4 Å². The number of aliphatic hydroxyl groups is 1. The van der Waals surface area contributed by atoms with Crippen LogP contribution in [0.1, 0.15) is 69.9 Å². The average Bonchev–Trinajstić information content (AvgIpc) is 3.23. The molecule has 2 saturated carbocycles. The Morgan fingerprint density at radius 3 is 2.50 bits per heavy atom. The highest BCUT2D eigenvalue weighted by atomic mass is 16.3. The minimum absolute atomic E-state index is 0.438. The van der Waals surface area contributed by atoms with Crippen LogP contribution in [0.3, 0.4) is 0 Å². The summed E-state index contributed by atoms with van der Waals surface area (Å²) in [5.74, 6) is 2.64. The van der Waals surface area contributed by atoms with Crippen molar-refractivity contribution in [1.29, 1.82) is 0 Å². The van der Waals surface area contributed by atoms with Crippen LogP contribution in [0.5, 0.6) is 0 Å². The summed E-state index contributed by atoms with van der Waals surface area (Å²) in [7, 11) is 0. The van der Waals surface area contributed by atoms with E-state index in [1.165, 1.54) is 48.4 Å². The van der Waals surface area contributed by atoms with E-state index in [1.807, 2.05) is 6.92 Å². The van der Waals surface area contributed by atoms with Gasteiger partial charge >= 0.3 is 0 Å². The second-order valence-electron chi connectivity index (χ2n) is 8.56. The molecule has 1 N–H and O–H groups in total. The molecule has 2 fully saturated rings. The number of benzene rings is 2. The molecule has 1 heteroatoms. The average molecular weight is 322 g/mol. The van der Waals surface area contributed by atoms with Gasteiger partial charge < -0.3 is 5.11 Å². The van der Waals surface area contributed by atoms with E-state index in [0.29, 0.717) is 11.8 Å². The molecule has 0 amide bonds. The molecular weight excluding hydrogens is 292 g/mol. The van der Waals surface area contributed by atoms with Crippen molar-refractivity contribution in [2.24, 2.45) is 17.8 Å². The molecule has 2 bridgehead atoms. The third kappa shape index (κ3) is 2.58. The molecule has 2 aromatic carbocycles. The third-order valence-corrected chi connectivity index (χ3v) is 7.09. The van der Waals surface area contributed by atoms with Gasteiger partial charge in [0, 0.05) is 0 Å². The van der Waals surface area contributed by atoms with Crippen molar-refractivity contribution in [2.75, 3.05) is 0 Å². The van der Waals surface area contributed by atoms with Crippen molar-refractivity contribution in [2.45, 2.75) is 64.4 Å². The lowest BCUT2D eigenvalue weighted by Gasteiger charge is -2.36. The lowest BCUT2D eigenvalue weighted by Crippen LogP contribution is -2.35. The Morgan fingerprint density at radius 2 is 1.83 bits per heavy atom. The van der Waals surface area contributed by atoms with Crippen LogP contribution in [-0.4, -0.2) is 5.11 Å². The van der Waals surface area contributed by atoms with Crippen molar-refractivity contribution in [3.63, 3.8) is 0 Å². The fourth-order valence-corrected chi connectivity index (χ4v) is 5.27. The first kappa shape index (κ1) is 16.1. The highest BCUT2D eigenvalue weighted by Crippen LogP contribution is 2.54. The summed E-state index contributed by atoms with van der Waals surface area (Å²) in [5, 5.41) is 13.9. The molecule has 0 aliphatic heterocycles. The smallest absolute Gasteiger partial charge is 0.0899 e. The Bertz CT molecular complexity index is 745. The highest BCUT2D eigenvalue weighted by molar-refractivity contribution is 5.84. The SMILES string of the molecule is CCC(C)c1ccc2cc(C(C)(O)C3CC4CCC3C4)ccc2c1. The number of hydrogen-bond acceptors (Lipinski definition) is 1. The standard InChI is InChI=1S/C23H30O/c1-4-15(2)17-7-8-19-14-21(10-9-18(19)13-17)23(3,24)22-12-16-5-6-20(22)11-16/h7-10,13-16,20,22,24H,4-6,11-12H2,1-3H3. The van der Waals surface area contributed by atoms with Gasteiger partial charge in [-0.2, -0.15) is 0 Å². The monoisotopic (exact) mass is 322 g/mol. The zero-order valence-electron chi connectivity index (χ0n) is 15.3. The van der Waals surface area contributed by atoms with Crippen LogP contribution < -0.4 is 0 Å². The van der Waals surface area contributed by atoms with Crippen molar-refractivity contribution in [3.8, 4) is 0 Å². The van der Waals surface area contributed by atoms with E-state index in [9.17, 15) is 5.11 Å². The van der Waals surface area contributed by atoms with Crippen LogP contribution in [0.4, 0.5) is 0 Å². The van der Waals surface area contributed by atoms with Gasteiger partial charge in [0.1, 0.15) is 0 Å². The Hall–Kier alpha value is -1.34. The van der Waals surface area contributed by atoms with Gasteiger partial charge in [0.05, 0.1) is 5.60 Å². The van der Waals surface area contributed by atoms with Crippen molar-refractivity contribution >= 4 is 10.8 Å². The van der Waals surface area contributed by atoms with E-state index >= 15 is 0 Å². The maximum absolute atomic E-state index is 11.3. The minimum atomic E-state index is -0.691. The Balaban J connectivity index is 1.67. The summed E-state index contributed by atoms with van der Waals surface area (Å²) in [5.41, 5.74) is 1.82. The summed E-state index contributed by atoms with van der Waals surface area (Å²) < 4.78 is 0. The molecule has 5 unspecified atom stereocenters. The molecule has 0 saturated heterocycles. The normalized spacial score (nSPS) is 29.8. The molecule has 0 spiro atoms. The number of rotatable bonds is 4. The van der Waals surface area contributed by atoms with Crippen LogP contribution in [0.15, 0.2) is 36.4 Å². The van der Waals surface area contributed by atoms with E-state index in [1.54, 1.807) is 0 Å².